The first kappa shape index (κ1) is 20.4. The maximum atomic E-state index is 12.3. The molecule has 0 saturated carbocycles. The van der Waals surface area contributed by atoms with Crippen LogP contribution in [0.15, 0.2) is 47.8 Å². The number of benzene rings is 2. The summed E-state index contributed by atoms with van der Waals surface area (Å²) in [6.45, 7) is 1.48. The molecule has 0 aliphatic carbocycles. The predicted molar refractivity (Wildman–Crippen MR) is 114 cm³/mol. The fourth-order valence-electron chi connectivity index (χ4n) is 3.05. The molecule has 2 aromatic carbocycles. The van der Waals surface area contributed by atoms with Gasteiger partial charge in [-0.3, -0.25) is 24.6 Å². The smallest absolute Gasteiger partial charge is 0.338 e. The molecule has 4 rings (SSSR count). The van der Waals surface area contributed by atoms with Gasteiger partial charge in [0.2, 0.25) is 0 Å². The molecule has 0 unspecified atom stereocenters. The molecule has 8 nitrogen and oxygen atoms in total. The molecule has 1 aliphatic heterocycles. The lowest BCUT2D eigenvalue weighted by Crippen LogP contribution is -2.24. The normalized spacial score (nSPS) is 12.6. The van der Waals surface area contributed by atoms with Gasteiger partial charge in [0, 0.05) is 18.0 Å². The molecule has 1 aliphatic rings. The van der Waals surface area contributed by atoms with Crippen molar-refractivity contribution in [3.8, 4) is 11.3 Å². The first-order chi connectivity index (χ1) is 14.8. The van der Waals surface area contributed by atoms with Crippen molar-refractivity contribution in [1.29, 1.82) is 0 Å². The van der Waals surface area contributed by atoms with Crippen molar-refractivity contribution in [2.24, 2.45) is 0 Å². The van der Waals surface area contributed by atoms with Crippen LogP contribution in [-0.2, 0) is 9.53 Å². The van der Waals surface area contributed by atoms with Gasteiger partial charge in [-0.05, 0) is 25.1 Å². The SMILES string of the molecule is Cc1ccc(-c2csc(NC(=O)COC(=O)c3ccc4c(c3)C(=O)N(C)C4=O)n2)cc1. The van der Waals surface area contributed by atoms with Gasteiger partial charge in [0.05, 0.1) is 22.4 Å². The molecule has 0 saturated heterocycles. The molecule has 0 spiro atoms. The number of anilines is 1. The molecule has 0 radical (unpaired) electrons. The molecule has 3 aromatic rings. The summed E-state index contributed by atoms with van der Waals surface area (Å²) in [5.41, 5.74) is 3.26. The summed E-state index contributed by atoms with van der Waals surface area (Å²) < 4.78 is 5.03. The third-order valence-electron chi connectivity index (χ3n) is 4.76. The van der Waals surface area contributed by atoms with E-state index in [1.165, 1.54) is 36.6 Å². The number of esters is 1. The van der Waals surface area contributed by atoms with Crippen molar-refractivity contribution < 1.29 is 23.9 Å². The third kappa shape index (κ3) is 4.08. The summed E-state index contributed by atoms with van der Waals surface area (Å²) in [5.74, 6) is -2.22. The van der Waals surface area contributed by atoms with Crippen molar-refractivity contribution in [3.63, 3.8) is 0 Å². The first-order valence-electron chi connectivity index (χ1n) is 9.29. The standard InChI is InChI=1S/C22H17N3O5S/c1-12-3-5-13(6-4-12)17-11-31-22(23-17)24-18(26)10-30-21(29)14-7-8-15-16(9-14)20(28)25(2)19(15)27/h3-9,11H,10H2,1-2H3,(H,23,24,26). The first-order valence-corrected chi connectivity index (χ1v) is 10.2. The van der Waals surface area contributed by atoms with Gasteiger partial charge in [-0.2, -0.15) is 0 Å². The van der Waals surface area contributed by atoms with Gasteiger partial charge in [-0.15, -0.1) is 11.3 Å². The lowest BCUT2D eigenvalue weighted by Gasteiger charge is -2.05. The zero-order valence-corrected chi connectivity index (χ0v) is 17.5. The minimum Gasteiger partial charge on any atom is -0.452 e. The van der Waals surface area contributed by atoms with E-state index < -0.39 is 30.3 Å². The number of carbonyl (C=O) groups is 4. The van der Waals surface area contributed by atoms with Crippen LogP contribution in [0.4, 0.5) is 5.13 Å². The van der Waals surface area contributed by atoms with Crippen molar-refractivity contribution in [2.45, 2.75) is 6.92 Å². The molecule has 3 amide bonds. The van der Waals surface area contributed by atoms with Crippen molar-refractivity contribution in [2.75, 3.05) is 19.0 Å². The number of ether oxygens (including phenoxy) is 1. The van der Waals surface area contributed by atoms with Crippen LogP contribution in [0.25, 0.3) is 11.3 Å². The van der Waals surface area contributed by atoms with Gasteiger partial charge in [0.1, 0.15) is 0 Å². The van der Waals surface area contributed by atoms with Crippen LogP contribution in [0.1, 0.15) is 36.6 Å². The number of aryl methyl sites for hydroxylation is 1. The molecule has 2 heterocycles. The molecule has 0 bridgehead atoms. The highest BCUT2D eigenvalue weighted by Gasteiger charge is 2.33. The van der Waals surface area contributed by atoms with Crippen LogP contribution >= 0.6 is 11.3 Å². The van der Waals surface area contributed by atoms with E-state index in [0.29, 0.717) is 5.13 Å². The summed E-state index contributed by atoms with van der Waals surface area (Å²) in [4.78, 5) is 53.7. The molecular weight excluding hydrogens is 418 g/mol. The van der Waals surface area contributed by atoms with Crippen molar-refractivity contribution in [1.82, 2.24) is 9.88 Å². The number of carbonyl (C=O) groups excluding carboxylic acids is 4. The number of nitrogens with zero attached hydrogens (tertiary/aromatic N) is 2. The molecule has 9 heteroatoms. The molecule has 0 fully saturated rings. The largest absolute Gasteiger partial charge is 0.452 e. The summed E-state index contributed by atoms with van der Waals surface area (Å²) in [6, 6.07) is 11.9. The number of imide groups is 1. The number of rotatable bonds is 5. The van der Waals surface area contributed by atoms with E-state index in [2.05, 4.69) is 10.3 Å². The third-order valence-corrected chi connectivity index (χ3v) is 5.52. The molecule has 1 N–H and O–H groups in total. The Hall–Kier alpha value is -3.85. The average Bonchev–Trinajstić information content (AvgIpc) is 3.31. The zero-order chi connectivity index (χ0) is 22.1. The van der Waals surface area contributed by atoms with Gasteiger partial charge in [0.15, 0.2) is 11.7 Å². The molecule has 0 atom stereocenters. The molecular formula is C22H17N3O5S. The van der Waals surface area contributed by atoms with Crippen LogP contribution in [0.3, 0.4) is 0 Å². The quantitative estimate of drug-likeness (QED) is 0.488. The fourth-order valence-corrected chi connectivity index (χ4v) is 3.78. The molecule has 31 heavy (non-hydrogen) atoms. The van der Waals surface area contributed by atoms with Crippen molar-refractivity contribution >= 4 is 40.2 Å². The minimum absolute atomic E-state index is 0.0823. The summed E-state index contributed by atoms with van der Waals surface area (Å²) in [5, 5.41) is 4.81. The number of fused-ring (bicyclic) bond motifs is 1. The Kier molecular flexibility index (Phi) is 5.35. The minimum atomic E-state index is -0.771. The second-order valence-electron chi connectivity index (χ2n) is 6.96. The number of amides is 3. The number of aromatic nitrogens is 1. The lowest BCUT2D eigenvalue weighted by atomic mass is 10.1. The average molecular weight is 435 g/mol. The number of hydrogen-bond donors (Lipinski definition) is 1. The van der Waals surface area contributed by atoms with Crippen LogP contribution < -0.4 is 5.32 Å². The monoisotopic (exact) mass is 435 g/mol. The van der Waals surface area contributed by atoms with Gasteiger partial charge >= 0.3 is 5.97 Å². The Morgan fingerprint density at radius 1 is 1.06 bits per heavy atom. The Morgan fingerprint density at radius 2 is 1.77 bits per heavy atom. The maximum Gasteiger partial charge on any atom is 0.338 e. The van der Waals surface area contributed by atoms with Gasteiger partial charge in [-0.1, -0.05) is 29.8 Å². The van der Waals surface area contributed by atoms with Crippen LogP contribution in [0, 0.1) is 6.92 Å². The summed E-state index contributed by atoms with van der Waals surface area (Å²) in [6.07, 6.45) is 0. The van der Waals surface area contributed by atoms with E-state index in [9.17, 15) is 19.2 Å². The number of thiazole rings is 1. The zero-order valence-electron chi connectivity index (χ0n) is 16.7. The van der Waals surface area contributed by atoms with Gasteiger partial charge in [0.25, 0.3) is 17.7 Å². The van der Waals surface area contributed by atoms with E-state index in [1.807, 2.05) is 36.6 Å². The highest BCUT2D eigenvalue weighted by atomic mass is 32.1. The number of nitrogens with one attached hydrogen (secondary N) is 1. The van der Waals surface area contributed by atoms with E-state index >= 15 is 0 Å². The van der Waals surface area contributed by atoms with Crippen molar-refractivity contribution in [3.05, 3.63) is 70.1 Å². The van der Waals surface area contributed by atoms with Gasteiger partial charge < -0.3 is 4.74 Å². The summed E-state index contributed by atoms with van der Waals surface area (Å²) >= 11 is 1.26. The van der Waals surface area contributed by atoms with Gasteiger partial charge in [-0.25, -0.2) is 9.78 Å². The maximum absolute atomic E-state index is 12.3. The topological polar surface area (TPSA) is 106 Å². The van der Waals surface area contributed by atoms with Crippen LogP contribution in [0.5, 0.6) is 0 Å². The van der Waals surface area contributed by atoms with Crippen LogP contribution in [-0.4, -0.2) is 47.2 Å². The Labute approximate surface area is 181 Å². The number of hydrogen-bond acceptors (Lipinski definition) is 7. The van der Waals surface area contributed by atoms with E-state index in [0.717, 1.165) is 21.7 Å². The molecule has 156 valence electrons. The lowest BCUT2D eigenvalue weighted by molar-refractivity contribution is -0.119. The van der Waals surface area contributed by atoms with E-state index in [-0.39, 0.29) is 16.7 Å². The second kappa shape index (κ2) is 8.11. The highest BCUT2D eigenvalue weighted by Crippen LogP contribution is 2.25. The predicted octanol–water partition coefficient (Wildman–Crippen LogP) is 3.14. The summed E-state index contributed by atoms with van der Waals surface area (Å²) in [7, 11) is 1.37. The van der Waals surface area contributed by atoms with E-state index in [1.54, 1.807) is 0 Å². The Bertz CT molecular complexity index is 1220. The second-order valence-corrected chi connectivity index (χ2v) is 7.82. The van der Waals surface area contributed by atoms with E-state index in [4.69, 9.17) is 4.74 Å². The van der Waals surface area contributed by atoms with Crippen LogP contribution in [0.2, 0.25) is 0 Å². The Balaban J connectivity index is 1.35. The molecule has 1 aromatic heterocycles. The fraction of sp³-hybridized carbons (Fsp3) is 0.136. The Morgan fingerprint density at radius 3 is 2.52 bits per heavy atom. The highest BCUT2D eigenvalue weighted by molar-refractivity contribution is 7.14.